The summed E-state index contributed by atoms with van der Waals surface area (Å²) in [6.07, 6.45) is 0.504. The van der Waals surface area contributed by atoms with Crippen molar-refractivity contribution in [1.29, 1.82) is 0 Å². The van der Waals surface area contributed by atoms with Gasteiger partial charge in [-0.3, -0.25) is 9.10 Å². The van der Waals surface area contributed by atoms with Crippen LogP contribution in [0.4, 0.5) is 11.4 Å². The lowest BCUT2D eigenvalue weighted by molar-refractivity contribution is -0.138. The van der Waals surface area contributed by atoms with Gasteiger partial charge in [0.2, 0.25) is 10.0 Å². The molecule has 0 bridgehead atoms. The van der Waals surface area contributed by atoms with Crippen LogP contribution in [-0.4, -0.2) is 64.8 Å². The van der Waals surface area contributed by atoms with Crippen LogP contribution in [0.3, 0.4) is 0 Å². The van der Waals surface area contributed by atoms with E-state index in [9.17, 15) is 13.2 Å². The smallest absolute Gasteiger partial charge is 0.263 e. The first kappa shape index (κ1) is 23.2. The SMILES string of the molecule is Cc1ccc(Cl)cc1N1CCN(C(=O)C(C)Oc2ccc(N(C)S(C)(=O)=O)cc2)CC1. The maximum absolute atomic E-state index is 12.8. The van der Waals surface area contributed by atoms with E-state index in [1.165, 1.54) is 11.4 Å². The molecule has 9 heteroatoms. The highest BCUT2D eigenvalue weighted by atomic mass is 35.5. The van der Waals surface area contributed by atoms with Gasteiger partial charge in [-0.25, -0.2) is 8.42 Å². The second kappa shape index (κ2) is 9.36. The van der Waals surface area contributed by atoms with Crippen molar-refractivity contribution in [2.45, 2.75) is 20.0 Å². The fraction of sp³-hybridized carbons (Fsp3) is 0.409. The number of amides is 1. The third-order valence-electron chi connectivity index (χ3n) is 5.46. The summed E-state index contributed by atoms with van der Waals surface area (Å²) in [5.41, 5.74) is 2.79. The first-order valence-corrected chi connectivity index (χ1v) is 12.3. The highest BCUT2D eigenvalue weighted by Gasteiger charge is 2.26. The van der Waals surface area contributed by atoms with Crippen molar-refractivity contribution in [2.24, 2.45) is 0 Å². The lowest BCUT2D eigenvalue weighted by Crippen LogP contribution is -2.52. The van der Waals surface area contributed by atoms with Crippen LogP contribution in [0.15, 0.2) is 42.5 Å². The van der Waals surface area contributed by atoms with E-state index in [-0.39, 0.29) is 5.91 Å². The summed E-state index contributed by atoms with van der Waals surface area (Å²) in [4.78, 5) is 16.9. The Bertz CT molecular complexity index is 1040. The maximum atomic E-state index is 12.8. The molecule has 1 amide bonds. The Labute approximate surface area is 189 Å². The predicted molar refractivity (Wildman–Crippen MR) is 125 cm³/mol. The number of piperazine rings is 1. The van der Waals surface area contributed by atoms with E-state index in [0.29, 0.717) is 29.5 Å². The van der Waals surface area contributed by atoms with Gasteiger partial charge in [0.05, 0.1) is 11.9 Å². The summed E-state index contributed by atoms with van der Waals surface area (Å²) < 4.78 is 30.3. The molecule has 0 saturated carbocycles. The minimum absolute atomic E-state index is 0.0696. The van der Waals surface area contributed by atoms with Crippen LogP contribution < -0.4 is 13.9 Å². The molecule has 1 heterocycles. The zero-order chi connectivity index (χ0) is 22.8. The summed E-state index contributed by atoms with van der Waals surface area (Å²) >= 11 is 6.14. The van der Waals surface area contributed by atoms with E-state index in [1.807, 2.05) is 23.1 Å². The van der Waals surface area contributed by atoms with Crippen LogP contribution in [0.5, 0.6) is 5.75 Å². The van der Waals surface area contributed by atoms with Crippen molar-refractivity contribution in [3.8, 4) is 5.75 Å². The van der Waals surface area contributed by atoms with E-state index < -0.39 is 16.1 Å². The van der Waals surface area contributed by atoms with Gasteiger partial charge in [-0.15, -0.1) is 0 Å². The Hall–Kier alpha value is -2.45. The number of benzene rings is 2. The number of halogens is 1. The van der Waals surface area contributed by atoms with Crippen LogP contribution in [-0.2, 0) is 14.8 Å². The molecule has 7 nitrogen and oxygen atoms in total. The maximum Gasteiger partial charge on any atom is 0.263 e. The van der Waals surface area contributed by atoms with E-state index in [0.717, 1.165) is 30.6 Å². The molecule has 2 aromatic rings. The number of aryl methyl sites for hydroxylation is 1. The van der Waals surface area contributed by atoms with Crippen LogP contribution in [0.2, 0.25) is 5.02 Å². The topological polar surface area (TPSA) is 70.2 Å². The number of sulfonamides is 1. The molecule has 0 N–H and O–H groups in total. The van der Waals surface area contributed by atoms with Gasteiger partial charge in [0.15, 0.2) is 6.10 Å². The Morgan fingerprint density at radius 2 is 1.71 bits per heavy atom. The number of carbonyl (C=O) groups is 1. The second-order valence-corrected chi connectivity index (χ2v) is 10.2. The first-order chi connectivity index (χ1) is 14.6. The molecule has 1 aliphatic rings. The first-order valence-electron chi connectivity index (χ1n) is 10.1. The van der Waals surface area contributed by atoms with Crippen molar-refractivity contribution >= 4 is 38.9 Å². The molecule has 1 atom stereocenters. The van der Waals surface area contributed by atoms with Gasteiger partial charge in [0.25, 0.3) is 5.91 Å². The lowest BCUT2D eigenvalue weighted by atomic mass is 10.1. The van der Waals surface area contributed by atoms with E-state index in [4.69, 9.17) is 16.3 Å². The normalized spacial score (nSPS) is 15.5. The molecule has 1 fully saturated rings. The number of hydrogen-bond donors (Lipinski definition) is 0. The van der Waals surface area contributed by atoms with Crippen LogP contribution in [0, 0.1) is 6.92 Å². The predicted octanol–water partition coefficient (Wildman–Crippen LogP) is 3.16. The summed E-state index contributed by atoms with van der Waals surface area (Å²) in [7, 11) is -1.84. The fourth-order valence-corrected chi connectivity index (χ4v) is 4.20. The van der Waals surface area contributed by atoms with Gasteiger partial charge >= 0.3 is 0 Å². The standard InChI is InChI=1S/C22H28ClN3O4S/c1-16-5-6-18(23)15-21(16)25-11-13-26(14-12-25)22(27)17(2)30-20-9-7-19(8-10-20)24(3)31(4,28)29/h5-10,15,17H,11-14H2,1-4H3. The number of hydrogen-bond acceptors (Lipinski definition) is 5. The van der Waals surface area contributed by atoms with E-state index in [2.05, 4.69) is 11.8 Å². The zero-order valence-electron chi connectivity index (χ0n) is 18.2. The quantitative estimate of drug-likeness (QED) is 0.655. The van der Waals surface area contributed by atoms with E-state index >= 15 is 0 Å². The molecule has 1 saturated heterocycles. The Kier molecular flexibility index (Phi) is 7.01. The van der Waals surface area contributed by atoms with Crippen LogP contribution >= 0.6 is 11.6 Å². The minimum atomic E-state index is -3.33. The van der Waals surface area contributed by atoms with Gasteiger partial charge in [-0.2, -0.15) is 0 Å². The van der Waals surface area contributed by atoms with Crippen molar-refractivity contribution in [3.63, 3.8) is 0 Å². The summed E-state index contributed by atoms with van der Waals surface area (Å²) in [6, 6.07) is 12.5. The van der Waals surface area contributed by atoms with Crippen molar-refractivity contribution in [3.05, 3.63) is 53.1 Å². The number of anilines is 2. The number of carbonyl (C=O) groups excluding carboxylic acids is 1. The molecule has 0 aliphatic carbocycles. The summed E-state index contributed by atoms with van der Waals surface area (Å²) in [6.45, 7) is 6.45. The van der Waals surface area contributed by atoms with Crippen LogP contribution in [0.1, 0.15) is 12.5 Å². The third-order valence-corrected chi connectivity index (χ3v) is 6.90. The molecule has 2 aromatic carbocycles. The Morgan fingerprint density at radius 1 is 1.10 bits per heavy atom. The van der Waals surface area contributed by atoms with Gasteiger partial charge in [-0.1, -0.05) is 17.7 Å². The van der Waals surface area contributed by atoms with Gasteiger partial charge in [0.1, 0.15) is 5.75 Å². The molecule has 168 valence electrons. The Balaban J connectivity index is 1.57. The van der Waals surface area contributed by atoms with Crippen molar-refractivity contribution in [2.75, 3.05) is 48.7 Å². The highest BCUT2D eigenvalue weighted by Crippen LogP contribution is 2.26. The van der Waals surface area contributed by atoms with Gasteiger partial charge in [-0.05, 0) is 55.8 Å². The molecular formula is C22H28ClN3O4S. The molecule has 31 heavy (non-hydrogen) atoms. The average molecular weight is 466 g/mol. The molecule has 0 radical (unpaired) electrons. The molecule has 0 aromatic heterocycles. The van der Waals surface area contributed by atoms with Crippen molar-refractivity contribution < 1.29 is 17.9 Å². The molecule has 0 spiro atoms. The van der Waals surface area contributed by atoms with Crippen molar-refractivity contribution in [1.82, 2.24) is 4.90 Å². The molecular weight excluding hydrogens is 438 g/mol. The number of rotatable bonds is 6. The monoisotopic (exact) mass is 465 g/mol. The second-order valence-electron chi connectivity index (χ2n) is 7.73. The van der Waals surface area contributed by atoms with Gasteiger partial charge in [0, 0.05) is 43.9 Å². The summed E-state index contributed by atoms with van der Waals surface area (Å²) in [5.74, 6) is 0.444. The fourth-order valence-electron chi connectivity index (χ4n) is 3.53. The van der Waals surface area contributed by atoms with Crippen LogP contribution in [0.25, 0.3) is 0 Å². The highest BCUT2D eigenvalue weighted by molar-refractivity contribution is 7.92. The largest absolute Gasteiger partial charge is 0.481 e. The summed E-state index contributed by atoms with van der Waals surface area (Å²) in [5, 5.41) is 0.704. The number of ether oxygens (including phenoxy) is 1. The number of nitrogens with zero attached hydrogens (tertiary/aromatic N) is 3. The minimum Gasteiger partial charge on any atom is -0.481 e. The lowest BCUT2D eigenvalue weighted by Gasteiger charge is -2.37. The average Bonchev–Trinajstić information content (AvgIpc) is 2.74. The molecule has 3 rings (SSSR count). The third kappa shape index (κ3) is 5.62. The molecule has 1 unspecified atom stereocenters. The Morgan fingerprint density at radius 3 is 2.29 bits per heavy atom. The zero-order valence-corrected chi connectivity index (χ0v) is 19.8. The van der Waals surface area contributed by atoms with Gasteiger partial charge < -0.3 is 14.5 Å². The molecule has 1 aliphatic heterocycles. The van der Waals surface area contributed by atoms with E-state index in [1.54, 1.807) is 31.2 Å².